The quantitative estimate of drug-likeness (QED) is 0.554. The molecule has 2 N–H and O–H groups in total. The minimum Gasteiger partial charge on any atom is -0.387 e. The summed E-state index contributed by atoms with van der Waals surface area (Å²) in [7, 11) is 0. The molecule has 1 aromatic carbocycles. The Labute approximate surface area is 138 Å². The van der Waals surface area contributed by atoms with Gasteiger partial charge in [0, 0.05) is 16.8 Å². The first-order chi connectivity index (χ1) is 10.5. The maximum Gasteiger partial charge on any atom is 0.154 e. The van der Waals surface area contributed by atoms with Gasteiger partial charge in [0.05, 0.1) is 4.34 Å². The summed E-state index contributed by atoms with van der Waals surface area (Å²) in [4.78, 5) is 8.82. The van der Waals surface area contributed by atoms with E-state index in [0.717, 1.165) is 26.5 Å². The monoisotopic (exact) mass is 329 g/mol. The van der Waals surface area contributed by atoms with Crippen LogP contribution in [0.25, 0.3) is 10.1 Å². The number of thiophene rings is 1. The standard InChI is InChI=1S/C17H16ClN3S/c1-10-7-11(2)20-16(8-10)21-15(19)9-13-12-5-3-4-6-14(12)22-17(13)18/h3-8H,9H2,1-2H3,(H2,19,20,21). The van der Waals surface area contributed by atoms with Gasteiger partial charge in [-0.05, 0) is 48.6 Å². The lowest BCUT2D eigenvalue weighted by atomic mass is 10.1. The summed E-state index contributed by atoms with van der Waals surface area (Å²) in [5.74, 6) is 1.16. The highest BCUT2D eigenvalue weighted by atomic mass is 35.5. The van der Waals surface area contributed by atoms with Gasteiger partial charge >= 0.3 is 0 Å². The lowest BCUT2D eigenvalue weighted by molar-refractivity contribution is 1.15. The molecule has 0 saturated carbocycles. The number of nitrogens with zero attached hydrogens (tertiary/aromatic N) is 2. The lowest BCUT2D eigenvalue weighted by Gasteiger charge is -2.03. The number of aryl methyl sites for hydroxylation is 2. The van der Waals surface area contributed by atoms with Crippen molar-refractivity contribution in [3.63, 3.8) is 0 Å². The fourth-order valence-electron chi connectivity index (χ4n) is 2.48. The molecule has 0 radical (unpaired) electrons. The molecule has 3 nitrogen and oxygen atoms in total. The summed E-state index contributed by atoms with van der Waals surface area (Å²) in [6, 6.07) is 12.1. The van der Waals surface area contributed by atoms with Gasteiger partial charge in [0.25, 0.3) is 0 Å². The SMILES string of the molecule is Cc1cc(C)nc(/N=C(\N)Cc2c(Cl)sc3ccccc23)c1. The minimum absolute atomic E-state index is 0.517. The smallest absolute Gasteiger partial charge is 0.154 e. The molecule has 5 heteroatoms. The summed E-state index contributed by atoms with van der Waals surface area (Å²) in [6.07, 6.45) is 0.525. The molecule has 2 aromatic heterocycles. The highest BCUT2D eigenvalue weighted by Gasteiger charge is 2.11. The van der Waals surface area contributed by atoms with Crippen molar-refractivity contribution < 1.29 is 0 Å². The molecule has 0 aliphatic heterocycles. The molecule has 0 atom stereocenters. The molecule has 0 amide bonds. The largest absolute Gasteiger partial charge is 0.387 e. The third-order valence-corrected chi connectivity index (χ3v) is 4.81. The van der Waals surface area contributed by atoms with E-state index < -0.39 is 0 Å². The van der Waals surface area contributed by atoms with Crippen molar-refractivity contribution >= 4 is 44.7 Å². The van der Waals surface area contributed by atoms with Crippen LogP contribution >= 0.6 is 22.9 Å². The molecule has 0 bridgehead atoms. The summed E-state index contributed by atoms with van der Waals surface area (Å²) in [6.45, 7) is 3.97. The number of hydrogen-bond donors (Lipinski definition) is 1. The molecule has 0 fully saturated rings. The zero-order valence-corrected chi connectivity index (χ0v) is 14.0. The van der Waals surface area contributed by atoms with Crippen molar-refractivity contribution in [2.75, 3.05) is 0 Å². The fourth-order valence-corrected chi connectivity index (χ4v) is 3.84. The summed E-state index contributed by atoms with van der Waals surface area (Å²) < 4.78 is 1.94. The number of nitrogens with two attached hydrogens (primary N) is 1. The van der Waals surface area contributed by atoms with Crippen molar-refractivity contribution in [1.29, 1.82) is 0 Å². The number of halogens is 1. The number of rotatable bonds is 3. The Hall–Kier alpha value is -1.91. The van der Waals surface area contributed by atoms with E-state index in [1.807, 2.05) is 38.1 Å². The van der Waals surface area contributed by atoms with Gasteiger partial charge in [-0.3, -0.25) is 0 Å². The van der Waals surface area contributed by atoms with Crippen molar-refractivity contribution in [2.45, 2.75) is 20.3 Å². The van der Waals surface area contributed by atoms with Gasteiger partial charge in [-0.15, -0.1) is 11.3 Å². The van der Waals surface area contributed by atoms with Crippen LogP contribution in [-0.2, 0) is 6.42 Å². The maximum atomic E-state index is 6.36. The summed E-state index contributed by atoms with van der Waals surface area (Å²) in [5, 5.41) is 1.14. The first kappa shape index (κ1) is 15.0. The van der Waals surface area contributed by atoms with Gasteiger partial charge in [0.15, 0.2) is 5.82 Å². The van der Waals surface area contributed by atoms with Crippen molar-refractivity contribution in [3.05, 3.63) is 57.6 Å². The van der Waals surface area contributed by atoms with Gasteiger partial charge in [-0.2, -0.15) is 0 Å². The molecule has 0 aliphatic rings. The Kier molecular flexibility index (Phi) is 4.14. The second-order valence-corrected chi connectivity index (χ2v) is 6.93. The van der Waals surface area contributed by atoms with Gasteiger partial charge < -0.3 is 5.73 Å². The molecule has 0 saturated heterocycles. The van der Waals surface area contributed by atoms with E-state index in [1.54, 1.807) is 11.3 Å². The highest BCUT2D eigenvalue weighted by molar-refractivity contribution is 7.22. The summed E-state index contributed by atoms with van der Waals surface area (Å²) in [5.41, 5.74) is 9.21. The normalized spacial score (nSPS) is 12.0. The Morgan fingerprint density at radius 1 is 1.27 bits per heavy atom. The molecular formula is C17H16ClN3S. The van der Waals surface area contributed by atoms with E-state index >= 15 is 0 Å². The molecule has 0 unspecified atom stereocenters. The number of fused-ring (bicyclic) bond motifs is 1. The number of pyridine rings is 1. The third kappa shape index (κ3) is 3.13. The number of aliphatic imine (C=N–C) groups is 1. The van der Waals surface area contributed by atoms with Crippen LogP contribution in [0.4, 0.5) is 5.82 Å². The van der Waals surface area contributed by atoms with Crippen LogP contribution < -0.4 is 5.73 Å². The Bertz CT molecular complexity index is 847. The third-order valence-electron chi connectivity index (χ3n) is 3.35. The molecule has 2 heterocycles. The van der Waals surface area contributed by atoms with E-state index in [1.165, 1.54) is 4.70 Å². The average molecular weight is 330 g/mol. The molecule has 3 rings (SSSR count). The molecule has 22 heavy (non-hydrogen) atoms. The minimum atomic E-state index is 0.517. The molecule has 3 aromatic rings. The van der Waals surface area contributed by atoms with Gasteiger partial charge in [0.2, 0.25) is 0 Å². The second kappa shape index (κ2) is 6.07. The van der Waals surface area contributed by atoms with Crippen LogP contribution in [0.3, 0.4) is 0 Å². The zero-order valence-electron chi connectivity index (χ0n) is 12.4. The number of amidine groups is 1. The molecule has 112 valence electrons. The van der Waals surface area contributed by atoms with Crippen LogP contribution in [0.15, 0.2) is 41.4 Å². The van der Waals surface area contributed by atoms with Crippen molar-refractivity contribution in [2.24, 2.45) is 10.7 Å². The number of hydrogen-bond acceptors (Lipinski definition) is 3. The Morgan fingerprint density at radius 3 is 2.82 bits per heavy atom. The first-order valence-electron chi connectivity index (χ1n) is 6.97. The van der Waals surface area contributed by atoms with E-state index in [2.05, 4.69) is 22.1 Å². The molecular weight excluding hydrogens is 314 g/mol. The van der Waals surface area contributed by atoms with Crippen LogP contribution in [0.2, 0.25) is 4.34 Å². The van der Waals surface area contributed by atoms with Crippen LogP contribution in [-0.4, -0.2) is 10.8 Å². The van der Waals surface area contributed by atoms with Crippen molar-refractivity contribution in [3.8, 4) is 0 Å². The van der Waals surface area contributed by atoms with Gasteiger partial charge in [-0.25, -0.2) is 9.98 Å². The van der Waals surface area contributed by atoms with Gasteiger partial charge in [-0.1, -0.05) is 29.8 Å². The van der Waals surface area contributed by atoms with Crippen LogP contribution in [0, 0.1) is 13.8 Å². The van der Waals surface area contributed by atoms with Gasteiger partial charge in [0.1, 0.15) is 5.84 Å². The Morgan fingerprint density at radius 2 is 2.05 bits per heavy atom. The van der Waals surface area contributed by atoms with E-state index in [9.17, 15) is 0 Å². The number of benzene rings is 1. The predicted molar refractivity (Wildman–Crippen MR) is 95.5 cm³/mol. The highest BCUT2D eigenvalue weighted by Crippen LogP contribution is 2.35. The average Bonchev–Trinajstić information content (AvgIpc) is 2.74. The van der Waals surface area contributed by atoms with E-state index in [4.69, 9.17) is 17.3 Å². The van der Waals surface area contributed by atoms with Crippen molar-refractivity contribution in [1.82, 2.24) is 4.98 Å². The first-order valence-corrected chi connectivity index (χ1v) is 8.16. The fraction of sp³-hybridized carbons (Fsp3) is 0.176. The molecule has 0 spiro atoms. The van der Waals surface area contributed by atoms with E-state index in [-0.39, 0.29) is 0 Å². The Balaban J connectivity index is 1.94. The second-order valence-electron chi connectivity index (χ2n) is 5.27. The van der Waals surface area contributed by atoms with E-state index in [0.29, 0.717) is 18.1 Å². The topological polar surface area (TPSA) is 51.3 Å². The zero-order chi connectivity index (χ0) is 15.7. The van der Waals surface area contributed by atoms with Crippen LogP contribution in [0.1, 0.15) is 16.8 Å². The summed E-state index contributed by atoms with van der Waals surface area (Å²) >= 11 is 7.93. The lowest BCUT2D eigenvalue weighted by Crippen LogP contribution is -2.14. The number of aromatic nitrogens is 1. The molecule has 0 aliphatic carbocycles. The predicted octanol–water partition coefficient (Wildman–Crippen LogP) is 4.80. The van der Waals surface area contributed by atoms with Crippen LogP contribution in [0.5, 0.6) is 0 Å². The maximum absolute atomic E-state index is 6.36.